The molecule has 4 N–H and O–H groups in total. The third-order valence-electron chi connectivity index (χ3n) is 5.52. The molecule has 158 valence electrons. The van der Waals surface area contributed by atoms with Crippen LogP contribution in [-0.2, 0) is 21.3 Å². The summed E-state index contributed by atoms with van der Waals surface area (Å²) in [5.41, 5.74) is 2.75. The van der Waals surface area contributed by atoms with E-state index in [9.17, 15) is 13.0 Å². The van der Waals surface area contributed by atoms with Crippen molar-refractivity contribution in [3.8, 4) is 0 Å². The highest BCUT2D eigenvalue weighted by Crippen LogP contribution is 2.32. The molecular formula is C22H41NO3S. The molecule has 0 saturated heterocycles. The summed E-state index contributed by atoms with van der Waals surface area (Å²) in [6.45, 7) is 7.19. The molecule has 0 aromatic heterocycles. The van der Waals surface area contributed by atoms with Crippen LogP contribution in [0.15, 0.2) is 18.2 Å². The van der Waals surface area contributed by atoms with Crippen LogP contribution in [0.1, 0.15) is 102 Å². The van der Waals surface area contributed by atoms with Crippen LogP contribution in [0.25, 0.3) is 0 Å². The molecular weight excluding hydrogens is 358 g/mol. The van der Waals surface area contributed by atoms with Crippen molar-refractivity contribution in [2.24, 2.45) is 0 Å². The Morgan fingerprint density at radius 1 is 0.889 bits per heavy atom. The van der Waals surface area contributed by atoms with E-state index in [2.05, 4.69) is 13.0 Å². The van der Waals surface area contributed by atoms with Gasteiger partial charge in [0, 0.05) is 0 Å². The van der Waals surface area contributed by atoms with Crippen molar-refractivity contribution in [3.63, 3.8) is 0 Å². The van der Waals surface area contributed by atoms with Crippen molar-refractivity contribution in [2.75, 3.05) is 0 Å². The van der Waals surface area contributed by atoms with E-state index < -0.39 is 14.9 Å². The van der Waals surface area contributed by atoms with Gasteiger partial charge in [-0.05, 0) is 50.3 Å². The molecule has 0 bridgehead atoms. The molecule has 0 heterocycles. The molecule has 0 fully saturated rings. The number of hydrogen-bond donors (Lipinski definition) is 1. The van der Waals surface area contributed by atoms with Crippen LogP contribution < -0.4 is 6.15 Å². The van der Waals surface area contributed by atoms with Gasteiger partial charge in [0.15, 0.2) is 0 Å². The molecule has 0 aliphatic carbocycles. The van der Waals surface area contributed by atoms with Gasteiger partial charge in [-0.2, -0.15) is 0 Å². The maximum Gasteiger partial charge on any atom is 0.104 e. The minimum Gasteiger partial charge on any atom is -0.747 e. The topological polar surface area (TPSA) is 93.7 Å². The second kappa shape index (κ2) is 12.5. The SMILES string of the molecule is CCCCCCCCCCCCc1cccc(C(C)(C)S(=O)(=O)[O-])c1C.[NH4+]. The lowest BCUT2D eigenvalue weighted by molar-refractivity contribution is 0.427. The van der Waals surface area contributed by atoms with Gasteiger partial charge in [0.1, 0.15) is 10.1 Å². The molecule has 0 unspecified atom stereocenters. The molecule has 0 amide bonds. The Bertz CT molecular complexity index is 639. The Morgan fingerprint density at radius 2 is 1.37 bits per heavy atom. The Balaban J connectivity index is 0.00000676. The zero-order valence-electron chi connectivity index (χ0n) is 18.1. The largest absolute Gasteiger partial charge is 0.747 e. The van der Waals surface area contributed by atoms with Crippen LogP contribution in [0.3, 0.4) is 0 Å². The number of quaternary nitrogens is 1. The van der Waals surface area contributed by atoms with Gasteiger partial charge in [-0.25, -0.2) is 8.42 Å². The van der Waals surface area contributed by atoms with E-state index in [1.165, 1.54) is 77.2 Å². The predicted octanol–water partition coefficient (Wildman–Crippen LogP) is 6.61. The van der Waals surface area contributed by atoms with Gasteiger partial charge in [-0.3, -0.25) is 0 Å². The van der Waals surface area contributed by atoms with Gasteiger partial charge in [-0.15, -0.1) is 0 Å². The fourth-order valence-corrected chi connectivity index (χ4v) is 4.03. The van der Waals surface area contributed by atoms with E-state index >= 15 is 0 Å². The van der Waals surface area contributed by atoms with Gasteiger partial charge in [-0.1, -0.05) is 82.9 Å². The Hall–Kier alpha value is -0.910. The molecule has 4 nitrogen and oxygen atoms in total. The van der Waals surface area contributed by atoms with Crippen molar-refractivity contribution < 1.29 is 13.0 Å². The average Bonchev–Trinajstić information content (AvgIpc) is 2.56. The van der Waals surface area contributed by atoms with Crippen molar-refractivity contribution >= 4 is 10.1 Å². The lowest BCUT2D eigenvalue weighted by Gasteiger charge is -2.30. The molecule has 0 spiro atoms. The maximum atomic E-state index is 11.6. The summed E-state index contributed by atoms with van der Waals surface area (Å²) in [6.07, 6.45) is 14.0. The Labute approximate surface area is 167 Å². The van der Waals surface area contributed by atoms with E-state index in [1.807, 2.05) is 13.0 Å². The first-order chi connectivity index (χ1) is 12.2. The fourth-order valence-electron chi connectivity index (χ4n) is 3.54. The highest BCUT2D eigenvalue weighted by Gasteiger charge is 2.30. The van der Waals surface area contributed by atoms with Crippen molar-refractivity contribution in [3.05, 3.63) is 34.9 Å². The molecule has 1 rings (SSSR count). The van der Waals surface area contributed by atoms with E-state index in [1.54, 1.807) is 6.07 Å². The van der Waals surface area contributed by atoms with Crippen LogP contribution in [0, 0.1) is 6.92 Å². The van der Waals surface area contributed by atoms with Crippen molar-refractivity contribution in [1.82, 2.24) is 6.15 Å². The minimum atomic E-state index is -4.39. The van der Waals surface area contributed by atoms with Crippen LogP contribution in [0.2, 0.25) is 0 Å². The van der Waals surface area contributed by atoms with E-state index in [0.717, 1.165) is 18.4 Å². The highest BCUT2D eigenvalue weighted by molar-refractivity contribution is 7.86. The predicted molar refractivity (Wildman–Crippen MR) is 115 cm³/mol. The maximum absolute atomic E-state index is 11.6. The highest BCUT2D eigenvalue weighted by atomic mass is 32.2. The number of hydrogen-bond acceptors (Lipinski definition) is 3. The van der Waals surface area contributed by atoms with Gasteiger partial charge < -0.3 is 10.7 Å². The minimum absolute atomic E-state index is 0. The van der Waals surface area contributed by atoms with Gasteiger partial charge in [0.25, 0.3) is 0 Å². The molecule has 0 aliphatic rings. The second-order valence-electron chi connectivity index (χ2n) is 7.99. The molecule has 0 saturated carbocycles. The zero-order chi connectivity index (χ0) is 19.6. The Kier molecular flexibility index (Phi) is 12.1. The molecule has 0 radical (unpaired) electrons. The summed E-state index contributed by atoms with van der Waals surface area (Å²) >= 11 is 0. The van der Waals surface area contributed by atoms with Crippen LogP contribution >= 0.6 is 0 Å². The monoisotopic (exact) mass is 399 g/mol. The van der Waals surface area contributed by atoms with E-state index in [4.69, 9.17) is 0 Å². The summed E-state index contributed by atoms with van der Waals surface area (Å²) in [5.74, 6) is 0. The zero-order valence-corrected chi connectivity index (χ0v) is 19.0. The molecule has 1 aromatic rings. The summed E-state index contributed by atoms with van der Waals surface area (Å²) in [7, 11) is -4.39. The first-order valence-corrected chi connectivity index (χ1v) is 11.7. The Morgan fingerprint density at radius 3 is 1.85 bits per heavy atom. The van der Waals surface area contributed by atoms with Crippen molar-refractivity contribution in [2.45, 2.75) is 103 Å². The van der Waals surface area contributed by atoms with Crippen LogP contribution in [0.5, 0.6) is 0 Å². The lowest BCUT2D eigenvalue weighted by atomic mass is 9.91. The normalized spacial score (nSPS) is 12.0. The summed E-state index contributed by atoms with van der Waals surface area (Å²) < 4.78 is 33.4. The van der Waals surface area contributed by atoms with Crippen LogP contribution in [-0.4, -0.2) is 13.0 Å². The molecule has 0 aliphatic heterocycles. The number of benzene rings is 1. The van der Waals surface area contributed by atoms with E-state index in [-0.39, 0.29) is 6.15 Å². The van der Waals surface area contributed by atoms with Gasteiger partial charge in [0.05, 0.1) is 4.75 Å². The third kappa shape index (κ3) is 8.32. The van der Waals surface area contributed by atoms with E-state index in [0.29, 0.717) is 5.56 Å². The van der Waals surface area contributed by atoms with Gasteiger partial charge in [0.2, 0.25) is 0 Å². The molecule has 0 atom stereocenters. The van der Waals surface area contributed by atoms with Gasteiger partial charge >= 0.3 is 0 Å². The fraction of sp³-hybridized carbons (Fsp3) is 0.727. The first kappa shape index (κ1) is 26.1. The first-order valence-electron chi connectivity index (χ1n) is 10.3. The van der Waals surface area contributed by atoms with Crippen molar-refractivity contribution in [1.29, 1.82) is 0 Å². The quantitative estimate of drug-likeness (QED) is 0.298. The summed E-state index contributed by atoms with van der Waals surface area (Å²) in [4.78, 5) is 0. The second-order valence-corrected chi connectivity index (χ2v) is 9.91. The summed E-state index contributed by atoms with van der Waals surface area (Å²) in [5, 5.41) is 0. The number of aryl methyl sites for hydroxylation is 1. The van der Waals surface area contributed by atoms with Crippen LogP contribution in [0.4, 0.5) is 0 Å². The number of rotatable bonds is 13. The number of unbranched alkanes of at least 4 members (excludes halogenated alkanes) is 9. The standard InChI is InChI=1S/C22H38O3S.H3N/c1-5-6-7-8-9-10-11-12-13-14-16-20-17-15-18-21(19(20)2)22(3,4)26(23,24)25;/h15,17-18H,5-14,16H2,1-4H3,(H,23,24,25);1H3. The average molecular weight is 400 g/mol. The lowest BCUT2D eigenvalue weighted by Crippen LogP contribution is -2.30. The third-order valence-corrected chi connectivity index (χ3v) is 6.99. The summed E-state index contributed by atoms with van der Waals surface area (Å²) in [6, 6.07) is 5.70. The molecule has 27 heavy (non-hydrogen) atoms. The molecule has 5 heteroatoms. The molecule has 1 aromatic carbocycles. The smallest absolute Gasteiger partial charge is 0.104 e.